The maximum Gasteiger partial charge on any atom is 0.0444 e. The van der Waals surface area contributed by atoms with Crippen molar-refractivity contribution in [2.45, 2.75) is 24.8 Å². The molecule has 2 aliphatic rings. The Hall–Kier alpha value is -1.02. The van der Waals surface area contributed by atoms with Gasteiger partial charge in [0.1, 0.15) is 0 Å². The van der Waals surface area contributed by atoms with Crippen LogP contribution in [0.3, 0.4) is 0 Å². The first-order chi connectivity index (χ1) is 10.3. The van der Waals surface area contributed by atoms with Crippen molar-refractivity contribution in [2.24, 2.45) is 5.92 Å². The second kappa shape index (κ2) is 5.31. The van der Waals surface area contributed by atoms with E-state index in [2.05, 4.69) is 29.6 Å². The van der Waals surface area contributed by atoms with Crippen LogP contribution in [0, 0.1) is 5.92 Å². The van der Waals surface area contributed by atoms with Crippen LogP contribution >= 0.6 is 23.2 Å². The molecule has 1 nitrogen and oxygen atoms in total. The molecule has 1 aliphatic heterocycles. The van der Waals surface area contributed by atoms with Crippen molar-refractivity contribution in [1.82, 2.24) is 5.32 Å². The molecule has 1 saturated heterocycles. The summed E-state index contributed by atoms with van der Waals surface area (Å²) in [5.74, 6) is 0.955. The van der Waals surface area contributed by atoms with E-state index < -0.39 is 0 Å². The molecule has 0 amide bonds. The van der Waals surface area contributed by atoms with E-state index in [9.17, 15) is 0 Å². The number of rotatable bonds is 1. The van der Waals surface area contributed by atoms with Gasteiger partial charge in [0.2, 0.25) is 0 Å². The van der Waals surface area contributed by atoms with Crippen molar-refractivity contribution in [3.8, 4) is 0 Å². The van der Waals surface area contributed by atoms with Crippen LogP contribution in [-0.2, 0) is 0 Å². The molecule has 0 bridgehead atoms. The minimum Gasteiger partial charge on any atom is -0.310 e. The van der Waals surface area contributed by atoms with Gasteiger partial charge in [-0.3, -0.25) is 0 Å². The van der Waals surface area contributed by atoms with Crippen molar-refractivity contribution < 1.29 is 0 Å². The third-order valence-corrected chi connectivity index (χ3v) is 5.47. The lowest BCUT2D eigenvalue weighted by Gasteiger charge is -2.31. The van der Waals surface area contributed by atoms with Gasteiger partial charge in [0.05, 0.1) is 0 Å². The molecule has 4 rings (SSSR count). The summed E-state index contributed by atoms with van der Waals surface area (Å²) in [4.78, 5) is 0. The third kappa shape index (κ3) is 2.19. The van der Waals surface area contributed by atoms with Crippen LogP contribution in [0.1, 0.15) is 41.5 Å². The predicted octanol–water partition coefficient (Wildman–Crippen LogP) is 5.18. The normalized spacial score (nSPS) is 27.2. The van der Waals surface area contributed by atoms with Crippen molar-refractivity contribution in [2.75, 3.05) is 6.54 Å². The molecule has 0 radical (unpaired) electrons. The molecule has 1 fully saturated rings. The lowest BCUT2D eigenvalue weighted by atomic mass is 9.80. The average molecular weight is 318 g/mol. The summed E-state index contributed by atoms with van der Waals surface area (Å²) < 4.78 is 0. The molecule has 1 N–H and O–H groups in total. The Morgan fingerprint density at radius 2 is 1.81 bits per heavy atom. The minimum absolute atomic E-state index is 0.378. The molecule has 0 spiro atoms. The van der Waals surface area contributed by atoms with E-state index >= 15 is 0 Å². The van der Waals surface area contributed by atoms with E-state index in [4.69, 9.17) is 23.2 Å². The number of halogens is 2. The summed E-state index contributed by atoms with van der Waals surface area (Å²) in [6.07, 6.45) is 2.46. The fourth-order valence-corrected chi connectivity index (χ4v) is 4.50. The molecule has 2 aromatic carbocycles. The Morgan fingerprint density at radius 1 is 0.952 bits per heavy atom. The number of nitrogens with one attached hydrogen (secondary N) is 1. The Kier molecular flexibility index (Phi) is 3.45. The second-order valence-electron chi connectivity index (χ2n) is 6.01. The van der Waals surface area contributed by atoms with Crippen molar-refractivity contribution >= 4 is 23.2 Å². The zero-order valence-electron chi connectivity index (χ0n) is 11.7. The molecule has 3 unspecified atom stereocenters. The van der Waals surface area contributed by atoms with Gasteiger partial charge in [-0.15, -0.1) is 0 Å². The van der Waals surface area contributed by atoms with Crippen LogP contribution in [-0.4, -0.2) is 6.54 Å². The quantitative estimate of drug-likeness (QED) is 0.764. The second-order valence-corrected chi connectivity index (χ2v) is 6.85. The number of piperidine rings is 1. The Labute approximate surface area is 135 Å². The molecule has 0 aromatic heterocycles. The van der Waals surface area contributed by atoms with E-state index in [0.29, 0.717) is 17.9 Å². The molecule has 2 aromatic rings. The molecule has 108 valence electrons. The van der Waals surface area contributed by atoms with Gasteiger partial charge in [0.15, 0.2) is 0 Å². The number of hydrogen-bond acceptors (Lipinski definition) is 1. The first-order valence-corrected chi connectivity index (χ1v) is 8.28. The van der Waals surface area contributed by atoms with Gasteiger partial charge in [-0.25, -0.2) is 0 Å². The fraction of sp³-hybridized carbons (Fsp3) is 0.333. The highest BCUT2D eigenvalue weighted by Gasteiger charge is 2.42. The Bertz CT molecular complexity index is 683. The summed E-state index contributed by atoms with van der Waals surface area (Å²) in [5, 5.41) is 5.37. The number of hydrogen-bond donors (Lipinski definition) is 1. The zero-order valence-corrected chi connectivity index (χ0v) is 13.2. The van der Waals surface area contributed by atoms with Crippen LogP contribution in [0.2, 0.25) is 10.0 Å². The highest BCUT2D eigenvalue weighted by molar-refractivity contribution is 6.31. The zero-order chi connectivity index (χ0) is 14.4. The SMILES string of the molecule is Clc1ccc2c(c1)C1NCCCC1C2c1ccccc1Cl. The van der Waals surface area contributed by atoms with E-state index in [-0.39, 0.29) is 0 Å². The van der Waals surface area contributed by atoms with Crippen molar-refractivity contribution in [3.63, 3.8) is 0 Å². The summed E-state index contributed by atoms with van der Waals surface area (Å²) >= 11 is 12.7. The molecule has 0 saturated carbocycles. The van der Waals surface area contributed by atoms with Crippen molar-refractivity contribution in [3.05, 3.63) is 69.2 Å². The smallest absolute Gasteiger partial charge is 0.0444 e. The maximum atomic E-state index is 6.49. The average Bonchev–Trinajstić information content (AvgIpc) is 2.82. The van der Waals surface area contributed by atoms with Gasteiger partial charge in [-0.1, -0.05) is 47.5 Å². The van der Waals surface area contributed by atoms with Gasteiger partial charge in [-0.2, -0.15) is 0 Å². The van der Waals surface area contributed by atoms with Crippen LogP contribution in [0.25, 0.3) is 0 Å². The van der Waals surface area contributed by atoms with E-state index in [1.807, 2.05) is 18.2 Å². The van der Waals surface area contributed by atoms with E-state index in [1.54, 1.807) is 0 Å². The molecule has 3 atom stereocenters. The molecule has 3 heteroatoms. The minimum atomic E-state index is 0.378. The third-order valence-electron chi connectivity index (χ3n) is 4.89. The summed E-state index contributed by atoms with van der Waals surface area (Å²) in [6.45, 7) is 1.09. The maximum absolute atomic E-state index is 6.49. The van der Waals surface area contributed by atoms with Crippen LogP contribution in [0.15, 0.2) is 42.5 Å². The summed E-state index contributed by atoms with van der Waals surface area (Å²) in [6, 6.07) is 15.0. The van der Waals surface area contributed by atoms with Gasteiger partial charge in [0.25, 0.3) is 0 Å². The number of benzene rings is 2. The lowest BCUT2D eigenvalue weighted by molar-refractivity contribution is 0.287. The van der Waals surface area contributed by atoms with Gasteiger partial charge < -0.3 is 5.32 Å². The van der Waals surface area contributed by atoms with Crippen LogP contribution in [0.4, 0.5) is 0 Å². The Balaban J connectivity index is 1.89. The Morgan fingerprint density at radius 3 is 2.67 bits per heavy atom. The molecule has 1 aliphatic carbocycles. The standard InChI is InChI=1S/C18H17Cl2N/c19-11-7-8-12-15(10-11)18-14(5-3-9-21-18)17(12)13-4-1-2-6-16(13)20/h1-2,4,6-8,10,14,17-18,21H,3,5,9H2. The van der Waals surface area contributed by atoms with Gasteiger partial charge in [0, 0.05) is 22.0 Å². The highest BCUT2D eigenvalue weighted by atomic mass is 35.5. The molecule has 1 heterocycles. The van der Waals surface area contributed by atoms with Crippen LogP contribution < -0.4 is 5.32 Å². The first kappa shape index (κ1) is 13.6. The number of fused-ring (bicyclic) bond motifs is 3. The largest absolute Gasteiger partial charge is 0.310 e. The summed E-state index contributed by atoms with van der Waals surface area (Å²) in [7, 11) is 0. The van der Waals surface area contributed by atoms with Crippen molar-refractivity contribution in [1.29, 1.82) is 0 Å². The van der Waals surface area contributed by atoms with Gasteiger partial charge >= 0.3 is 0 Å². The molecular formula is C18H17Cl2N. The monoisotopic (exact) mass is 317 g/mol. The van der Waals surface area contributed by atoms with Crippen LogP contribution in [0.5, 0.6) is 0 Å². The van der Waals surface area contributed by atoms with E-state index in [1.165, 1.54) is 29.5 Å². The van der Waals surface area contributed by atoms with Gasteiger partial charge in [-0.05, 0) is 60.2 Å². The lowest BCUT2D eigenvalue weighted by Crippen LogP contribution is -2.33. The molecule has 21 heavy (non-hydrogen) atoms. The topological polar surface area (TPSA) is 12.0 Å². The predicted molar refractivity (Wildman–Crippen MR) is 88.2 cm³/mol. The molecular weight excluding hydrogens is 301 g/mol. The highest BCUT2D eigenvalue weighted by Crippen LogP contribution is 2.53. The summed E-state index contributed by atoms with van der Waals surface area (Å²) in [5.41, 5.74) is 3.99. The van der Waals surface area contributed by atoms with E-state index in [0.717, 1.165) is 16.6 Å². The first-order valence-electron chi connectivity index (χ1n) is 7.53. The fourth-order valence-electron chi connectivity index (χ4n) is 4.07.